The second-order valence-electron chi connectivity index (χ2n) is 6.25. The number of benzene rings is 1. The van der Waals surface area contributed by atoms with Gasteiger partial charge in [-0.15, -0.1) is 0 Å². The van der Waals surface area contributed by atoms with Crippen molar-refractivity contribution >= 4 is 11.0 Å². The number of hydrogen-bond acceptors (Lipinski definition) is 6. The molecule has 1 unspecified atom stereocenters. The Bertz CT molecular complexity index is 918. The Labute approximate surface area is 146 Å². The number of aromatic nitrogens is 4. The highest BCUT2D eigenvalue weighted by Crippen LogP contribution is 2.32. The number of hydrogen-bond donors (Lipinski definition) is 1. The fourth-order valence-corrected chi connectivity index (χ4v) is 3.15. The molecule has 138 valence electrons. The van der Waals surface area contributed by atoms with Gasteiger partial charge < -0.3 is 14.4 Å². The van der Waals surface area contributed by atoms with E-state index in [9.17, 15) is 13.2 Å². The summed E-state index contributed by atoms with van der Waals surface area (Å²) in [5, 5.41) is 7.20. The number of nitrogens with one attached hydrogen (secondary N) is 1. The minimum Gasteiger partial charge on any atom is -0.337 e. The van der Waals surface area contributed by atoms with Gasteiger partial charge in [0.25, 0.3) is 0 Å². The first kappa shape index (κ1) is 17.0. The van der Waals surface area contributed by atoms with Gasteiger partial charge in [-0.3, -0.25) is 4.90 Å². The predicted molar refractivity (Wildman–Crippen MR) is 86.4 cm³/mol. The van der Waals surface area contributed by atoms with Crippen LogP contribution in [0.25, 0.3) is 11.0 Å². The molecule has 0 aliphatic carbocycles. The zero-order chi connectivity index (χ0) is 18.3. The van der Waals surface area contributed by atoms with Crippen LogP contribution < -0.4 is 5.32 Å². The quantitative estimate of drug-likeness (QED) is 0.765. The molecular weight excluding hydrogens is 349 g/mol. The van der Waals surface area contributed by atoms with Crippen LogP contribution in [0.2, 0.25) is 0 Å². The first-order chi connectivity index (χ1) is 12.4. The van der Waals surface area contributed by atoms with Gasteiger partial charge in [-0.2, -0.15) is 18.2 Å². The van der Waals surface area contributed by atoms with E-state index < -0.39 is 12.0 Å². The summed E-state index contributed by atoms with van der Waals surface area (Å²) < 4.78 is 46.4. The van der Waals surface area contributed by atoms with Crippen molar-refractivity contribution < 1.29 is 17.7 Å². The van der Waals surface area contributed by atoms with Gasteiger partial charge in [-0.1, -0.05) is 17.3 Å². The molecule has 0 saturated carbocycles. The van der Waals surface area contributed by atoms with Crippen LogP contribution in [0.3, 0.4) is 0 Å². The Morgan fingerprint density at radius 2 is 2.08 bits per heavy atom. The van der Waals surface area contributed by atoms with Crippen molar-refractivity contribution in [3.05, 3.63) is 41.8 Å². The molecule has 1 fully saturated rings. The maximum atomic E-state index is 13.4. The highest BCUT2D eigenvalue weighted by atomic mass is 19.4. The molecule has 1 aliphatic rings. The molecule has 26 heavy (non-hydrogen) atoms. The second kappa shape index (κ2) is 6.36. The molecule has 3 aromatic rings. The van der Waals surface area contributed by atoms with Crippen molar-refractivity contribution in [2.45, 2.75) is 18.8 Å². The minimum absolute atomic E-state index is 0.0668. The molecule has 1 aromatic carbocycles. The van der Waals surface area contributed by atoms with Crippen molar-refractivity contribution in [1.29, 1.82) is 0 Å². The van der Waals surface area contributed by atoms with Crippen molar-refractivity contribution in [2.75, 3.05) is 26.7 Å². The summed E-state index contributed by atoms with van der Waals surface area (Å²) in [5.74, 6) is -0.393. The highest BCUT2D eigenvalue weighted by molar-refractivity contribution is 5.76. The van der Waals surface area contributed by atoms with Crippen LogP contribution in [0.15, 0.2) is 28.8 Å². The Balaban J connectivity index is 1.67. The average molecular weight is 366 g/mol. The number of halogens is 3. The van der Waals surface area contributed by atoms with Crippen LogP contribution in [0, 0.1) is 0 Å². The third kappa shape index (κ3) is 3.06. The molecule has 7 nitrogen and oxygen atoms in total. The van der Waals surface area contributed by atoms with E-state index in [1.54, 1.807) is 24.3 Å². The van der Waals surface area contributed by atoms with Gasteiger partial charge in [0, 0.05) is 19.6 Å². The molecule has 3 heterocycles. The molecule has 0 bridgehead atoms. The van der Waals surface area contributed by atoms with E-state index in [0.717, 1.165) is 17.7 Å². The molecule has 0 radical (unpaired) electrons. The number of piperazine rings is 1. The summed E-state index contributed by atoms with van der Waals surface area (Å²) in [6.07, 6.45) is -4.57. The van der Waals surface area contributed by atoms with E-state index in [1.165, 1.54) is 0 Å². The molecule has 0 spiro atoms. The van der Waals surface area contributed by atoms with E-state index in [2.05, 4.69) is 25.3 Å². The van der Waals surface area contributed by atoms with E-state index in [-0.39, 0.29) is 24.0 Å². The smallest absolute Gasteiger partial charge is 0.337 e. The number of para-hydroxylation sites is 2. The number of imidazole rings is 1. The van der Waals surface area contributed by atoms with Gasteiger partial charge in [0.2, 0.25) is 11.7 Å². The largest absolute Gasteiger partial charge is 0.449 e. The summed E-state index contributed by atoms with van der Waals surface area (Å²) in [4.78, 5) is 10.1. The number of nitrogens with zero attached hydrogens (tertiary/aromatic N) is 5. The zero-order valence-corrected chi connectivity index (χ0v) is 14.0. The lowest BCUT2D eigenvalue weighted by Gasteiger charge is -2.30. The predicted octanol–water partition coefficient (Wildman–Crippen LogP) is 2.06. The van der Waals surface area contributed by atoms with Gasteiger partial charge in [0.15, 0.2) is 5.82 Å². The van der Waals surface area contributed by atoms with E-state index in [0.29, 0.717) is 17.9 Å². The number of rotatable bonds is 3. The van der Waals surface area contributed by atoms with Gasteiger partial charge in [0.1, 0.15) is 6.54 Å². The fourth-order valence-electron chi connectivity index (χ4n) is 3.15. The molecule has 4 rings (SSSR count). The van der Waals surface area contributed by atoms with Crippen LogP contribution in [-0.4, -0.2) is 51.3 Å². The lowest BCUT2D eigenvalue weighted by atomic mass is 10.2. The highest BCUT2D eigenvalue weighted by Gasteiger charge is 2.38. The molecule has 1 aliphatic heterocycles. The first-order valence-corrected chi connectivity index (χ1v) is 8.19. The van der Waals surface area contributed by atoms with Crippen molar-refractivity contribution in [3.8, 4) is 0 Å². The Kier molecular flexibility index (Phi) is 4.16. The SMILES string of the molecule is CN1CCNCC1c1noc(Cn2c(C(F)(F)F)nc3ccccc32)n1. The topological polar surface area (TPSA) is 72.0 Å². The van der Waals surface area contributed by atoms with Gasteiger partial charge in [0.05, 0.1) is 17.1 Å². The summed E-state index contributed by atoms with van der Waals surface area (Å²) in [6.45, 7) is 2.18. The standard InChI is InChI=1S/C16H17F3N6O/c1-24-7-6-20-8-12(24)14-22-13(26-23-14)9-25-11-5-3-2-4-10(11)21-15(25)16(17,18)19/h2-5,12,20H,6-9H2,1H3. The molecule has 1 N–H and O–H groups in total. The van der Waals surface area contributed by atoms with Crippen molar-refractivity contribution in [3.63, 3.8) is 0 Å². The third-order valence-corrected chi connectivity index (χ3v) is 4.49. The van der Waals surface area contributed by atoms with E-state index in [4.69, 9.17) is 4.52 Å². The van der Waals surface area contributed by atoms with Crippen LogP contribution in [0.1, 0.15) is 23.6 Å². The molecule has 0 amide bonds. The first-order valence-electron chi connectivity index (χ1n) is 8.19. The molecule has 2 aromatic heterocycles. The van der Waals surface area contributed by atoms with E-state index in [1.807, 2.05) is 7.05 Å². The Hall–Kier alpha value is -2.46. The van der Waals surface area contributed by atoms with Crippen LogP contribution in [0.5, 0.6) is 0 Å². The fraction of sp³-hybridized carbons (Fsp3) is 0.438. The van der Waals surface area contributed by atoms with Crippen LogP contribution in [-0.2, 0) is 12.7 Å². The third-order valence-electron chi connectivity index (χ3n) is 4.49. The van der Waals surface area contributed by atoms with Gasteiger partial charge >= 0.3 is 6.18 Å². The average Bonchev–Trinajstić information content (AvgIpc) is 3.21. The summed E-state index contributed by atoms with van der Waals surface area (Å²) in [5.41, 5.74) is 0.645. The Morgan fingerprint density at radius 1 is 1.27 bits per heavy atom. The number of likely N-dealkylation sites (N-methyl/N-ethyl adjacent to an activating group) is 1. The van der Waals surface area contributed by atoms with Gasteiger partial charge in [-0.25, -0.2) is 4.98 Å². The summed E-state index contributed by atoms with van der Waals surface area (Å²) in [6, 6.07) is 6.39. The molecule has 1 saturated heterocycles. The summed E-state index contributed by atoms with van der Waals surface area (Å²) in [7, 11) is 1.95. The lowest BCUT2D eigenvalue weighted by Crippen LogP contribution is -2.44. The zero-order valence-electron chi connectivity index (χ0n) is 14.0. The van der Waals surface area contributed by atoms with Gasteiger partial charge in [-0.05, 0) is 19.2 Å². The van der Waals surface area contributed by atoms with Crippen molar-refractivity contribution in [2.24, 2.45) is 0 Å². The number of fused-ring (bicyclic) bond motifs is 1. The molecular formula is C16H17F3N6O. The van der Waals surface area contributed by atoms with E-state index >= 15 is 0 Å². The maximum absolute atomic E-state index is 13.4. The Morgan fingerprint density at radius 3 is 2.85 bits per heavy atom. The molecule has 10 heteroatoms. The van der Waals surface area contributed by atoms with Crippen LogP contribution >= 0.6 is 0 Å². The number of alkyl halides is 3. The minimum atomic E-state index is -4.57. The molecule has 1 atom stereocenters. The second-order valence-corrected chi connectivity index (χ2v) is 6.25. The monoisotopic (exact) mass is 366 g/mol. The maximum Gasteiger partial charge on any atom is 0.449 e. The normalized spacial score (nSPS) is 19.3. The summed E-state index contributed by atoms with van der Waals surface area (Å²) >= 11 is 0. The lowest BCUT2D eigenvalue weighted by molar-refractivity contribution is -0.146. The van der Waals surface area contributed by atoms with Crippen molar-refractivity contribution in [1.82, 2.24) is 29.9 Å². The van der Waals surface area contributed by atoms with Crippen LogP contribution in [0.4, 0.5) is 13.2 Å².